The number of fused-ring (bicyclic) bond motifs is 2. The van der Waals surface area contributed by atoms with Crippen molar-refractivity contribution in [3.05, 3.63) is 58.3 Å². The quantitative estimate of drug-likeness (QED) is 0.382. The van der Waals surface area contributed by atoms with Crippen molar-refractivity contribution in [1.29, 1.82) is 0 Å². The summed E-state index contributed by atoms with van der Waals surface area (Å²) < 4.78 is 0. The number of nitrogens with one attached hydrogen (secondary N) is 3. The Bertz CT molecular complexity index is 1320. The van der Waals surface area contributed by atoms with Crippen molar-refractivity contribution in [2.24, 2.45) is 0 Å². The minimum absolute atomic E-state index is 0.104. The maximum Gasteiger partial charge on any atom is 0.258 e. The first-order valence-electron chi connectivity index (χ1n) is 11.8. The summed E-state index contributed by atoms with van der Waals surface area (Å²) in [5.74, 6) is -0.490. The van der Waals surface area contributed by atoms with Crippen LogP contribution in [0.5, 0.6) is 5.75 Å². The van der Waals surface area contributed by atoms with Crippen molar-refractivity contribution in [1.82, 2.24) is 30.6 Å². The number of likely N-dealkylation sites (tertiary alicyclic amines) is 1. The summed E-state index contributed by atoms with van der Waals surface area (Å²) in [6.45, 7) is 3.05. The van der Waals surface area contributed by atoms with Crippen LogP contribution in [0, 0.1) is 0 Å². The van der Waals surface area contributed by atoms with Crippen molar-refractivity contribution >= 4 is 28.6 Å². The zero-order valence-electron chi connectivity index (χ0n) is 19.6. The third-order valence-corrected chi connectivity index (χ3v) is 6.64. The van der Waals surface area contributed by atoms with E-state index < -0.39 is 0 Å². The second-order valence-electron chi connectivity index (χ2n) is 9.01. The van der Waals surface area contributed by atoms with Crippen LogP contribution in [-0.2, 0) is 24.4 Å². The summed E-state index contributed by atoms with van der Waals surface area (Å²) in [6, 6.07) is 8.59. The SMILES string of the molecule is CNCCNC(=O)c1ccc2c(c1)CN(C(=O)c1cc3c(CN4CCCC4=O)[nH]nc3cc1O)C2. The fourth-order valence-electron chi connectivity index (χ4n) is 4.71. The normalized spacial score (nSPS) is 15.2. The molecule has 2 aromatic carbocycles. The molecule has 0 atom stereocenters. The van der Waals surface area contributed by atoms with Gasteiger partial charge in [0.25, 0.3) is 11.8 Å². The molecule has 0 saturated carbocycles. The van der Waals surface area contributed by atoms with E-state index in [2.05, 4.69) is 20.8 Å². The highest BCUT2D eigenvalue weighted by molar-refractivity contribution is 6.01. The maximum absolute atomic E-state index is 13.4. The summed E-state index contributed by atoms with van der Waals surface area (Å²) >= 11 is 0. The van der Waals surface area contributed by atoms with E-state index in [1.165, 1.54) is 6.07 Å². The van der Waals surface area contributed by atoms with Crippen molar-refractivity contribution in [3.8, 4) is 5.75 Å². The third-order valence-electron chi connectivity index (χ3n) is 6.64. The van der Waals surface area contributed by atoms with E-state index in [1.54, 1.807) is 21.9 Å². The molecular formula is C25H28N6O4. The van der Waals surface area contributed by atoms with E-state index in [-0.39, 0.29) is 29.0 Å². The number of carbonyl (C=O) groups excluding carboxylic acids is 3. The lowest BCUT2D eigenvalue weighted by Gasteiger charge is -2.17. The number of hydrogen-bond donors (Lipinski definition) is 4. The fraction of sp³-hybridized carbons (Fsp3) is 0.360. The van der Waals surface area contributed by atoms with Crippen molar-refractivity contribution in [3.63, 3.8) is 0 Å². The van der Waals surface area contributed by atoms with Crippen LogP contribution in [0.25, 0.3) is 10.9 Å². The molecule has 10 heteroatoms. The second kappa shape index (κ2) is 9.38. The summed E-state index contributed by atoms with van der Waals surface area (Å²) in [4.78, 5) is 41.2. The standard InChI is InChI=1S/C25H28N6O4/c1-26-6-7-27-24(34)15-4-5-16-12-31(13-17(16)9-15)25(35)19-10-18-20(11-22(19)32)28-29-21(18)14-30-8-2-3-23(30)33/h4-5,9-11,26,32H,2-3,6-8,12-14H2,1H3,(H,27,34)(H,28,29). The van der Waals surface area contributed by atoms with Crippen LogP contribution >= 0.6 is 0 Å². The van der Waals surface area contributed by atoms with Crippen LogP contribution < -0.4 is 10.6 Å². The molecule has 0 aliphatic carbocycles. The van der Waals surface area contributed by atoms with Crippen LogP contribution in [0.3, 0.4) is 0 Å². The van der Waals surface area contributed by atoms with E-state index >= 15 is 0 Å². The largest absolute Gasteiger partial charge is 0.507 e. The van der Waals surface area contributed by atoms with Gasteiger partial charge in [-0.15, -0.1) is 0 Å². The number of benzene rings is 2. The molecule has 3 aromatic rings. The zero-order chi connectivity index (χ0) is 24.5. The van der Waals surface area contributed by atoms with E-state index in [0.29, 0.717) is 62.2 Å². The smallest absolute Gasteiger partial charge is 0.258 e. The van der Waals surface area contributed by atoms with Gasteiger partial charge in [0, 0.05) is 56.2 Å². The second-order valence-corrected chi connectivity index (χ2v) is 9.01. The Morgan fingerprint density at radius 3 is 2.74 bits per heavy atom. The van der Waals surface area contributed by atoms with Gasteiger partial charge in [0.05, 0.1) is 23.3 Å². The van der Waals surface area contributed by atoms with Gasteiger partial charge in [-0.2, -0.15) is 5.10 Å². The molecule has 10 nitrogen and oxygen atoms in total. The Labute approximate surface area is 202 Å². The van der Waals surface area contributed by atoms with Crippen molar-refractivity contribution in [2.75, 3.05) is 26.7 Å². The molecule has 1 saturated heterocycles. The number of H-pyrrole nitrogens is 1. The number of phenols is 1. The van der Waals surface area contributed by atoms with E-state index in [4.69, 9.17) is 0 Å². The Balaban J connectivity index is 1.34. The summed E-state index contributed by atoms with van der Waals surface area (Å²) in [6.07, 6.45) is 1.38. The molecule has 0 spiro atoms. The Morgan fingerprint density at radius 1 is 1.14 bits per heavy atom. The minimum atomic E-state index is -0.301. The first-order chi connectivity index (χ1) is 16.9. The number of likely N-dealkylation sites (N-methyl/N-ethyl adjacent to an activating group) is 1. The molecule has 2 aliphatic rings. The predicted octanol–water partition coefficient (Wildman–Crippen LogP) is 1.50. The molecule has 0 radical (unpaired) electrons. The average molecular weight is 477 g/mol. The topological polar surface area (TPSA) is 131 Å². The van der Waals surface area contributed by atoms with Gasteiger partial charge in [0.15, 0.2) is 0 Å². The van der Waals surface area contributed by atoms with Crippen LogP contribution in [0.2, 0.25) is 0 Å². The van der Waals surface area contributed by atoms with Gasteiger partial charge >= 0.3 is 0 Å². The molecule has 1 aromatic heterocycles. The Kier molecular flexibility index (Phi) is 6.12. The van der Waals surface area contributed by atoms with Gasteiger partial charge in [-0.25, -0.2) is 0 Å². The molecular weight excluding hydrogens is 448 g/mol. The fourth-order valence-corrected chi connectivity index (χ4v) is 4.71. The molecule has 35 heavy (non-hydrogen) atoms. The highest BCUT2D eigenvalue weighted by Gasteiger charge is 2.28. The molecule has 182 valence electrons. The number of aromatic nitrogens is 2. The number of nitrogens with zero attached hydrogens (tertiary/aromatic N) is 3. The lowest BCUT2D eigenvalue weighted by molar-refractivity contribution is -0.128. The average Bonchev–Trinajstić information content (AvgIpc) is 3.56. The number of phenolic OH excluding ortho intramolecular Hbond substituents is 1. The molecule has 5 rings (SSSR count). The number of rotatable bonds is 7. The van der Waals surface area contributed by atoms with Gasteiger partial charge in [-0.3, -0.25) is 19.5 Å². The molecule has 1 fully saturated rings. The zero-order valence-corrected chi connectivity index (χ0v) is 19.6. The molecule has 4 N–H and O–H groups in total. The van der Waals surface area contributed by atoms with E-state index in [1.807, 2.05) is 19.2 Å². The highest BCUT2D eigenvalue weighted by atomic mass is 16.3. The van der Waals surface area contributed by atoms with Crippen LogP contribution in [0.4, 0.5) is 0 Å². The molecule has 3 heterocycles. The molecule has 0 bridgehead atoms. The van der Waals surface area contributed by atoms with Gasteiger partial charge in [-0.1, -0.05) is 6.07 Å². The number of hydrogen-bond acceptors (Lipinski definition) is 6. The van der Waals surface area contributed by atoms with Gasteiger partial charge in [0.1, 0.15) is 5.75 Å². The Morgan fingerprint density at radius 2 is 1.97 bits per heavy atom. The molecule has 0 unspecified atom stereocenters. The van der Waals surface area contributed by atoms with Crippen LogP contribution in [0.1, 0.15) is 50.4 Å². The minimum Gasteiger partial charge on any atom is -0.507 e. The first-order valence-corrected chi connectivity index (χ1v) is 11.8. The van der Waals surface area contributed by atoms with Crippen LogP contribution in [-0.4, -0.2) is 69.5 Å². The lowest BCUT2D eigenvalue weighted by Crippen LogP contribution is -2.30. The van der Waals surface area contributed by atoms with Crippen LogP contribution in [0.15, 0.2) is 30.3 Å². The Hall–Kier alpha value is -3.92. The predicted molar refractivity (Wildman–Crippen MR) is 129 cm³/mol. The van der Waals surface area contributed by atoms with E-state index in [0.717, 1.165) is 23.2 Å². The van der Waals surface area contributed by atoms with Gasteiger partial charge in [-0.05, 0) is 42.8 Å². The maximum atomic E-state index is 13.4. The molecule has 3 amide bonds. The number of aromatic hydroxyl groups is 1. The van der Waals surface area contributed by atoms with E-state index in [9.17, 15) is 19.5 Å². The number of amides is 3. The van der Waals surface area contributed by atoms with Crippen molar-refractivity contribution in [2.45, 2.75) is 32.5 Å². The number of carbonyl (C=O) groups is 3. The first kappa shape index (κ1) is 22.9. The highest BCUT2D eigenvalue weighted by Crippen LogP contribution is 2.31. The van der Waals surface area contributed by atoms with Gasteiger partial charge < -0.3 is 25.5 Å². The van der Waals surface area contributed by atoms with Crippen molar-refractivity contribution < 1.29 is 19.5 Å². The molecule has 2 aliphatic heterocycles. The summed E-state index contributed by atoms with van der Waals surface area (Å²) in [7, 11) is 1.82. The lowest BCUT2D eigenvalue weighted by atomic mass is 10.1. The monoisotopic (exact) mass is 476 g/mol. The summed E-state index contributed by atoms with van der Waals surface area (Å²) in [5, 5.41) is 24.3. The number of aromatic amines is 1. The van der Waals surface area contributed by atoms with Gasteiger partial charge in [0.2, 0.25) is 5.91 Å². The summed E-state index contributed by atoms with van der Waals surface area (Å²) in [5.41, 5.74) is 3.91. The third kappa shape index (κ3) is 4.44.